The standard InChI is InChI=1S/C25H21ClN2O5/c1-14-17(26)9-6-10-18(14)27-24(30)21-22(15-11-12-19(29)20(13-15)32-2)28(33-23(21)25(27)31)16-7-4-3-5-8-16/h3-13,21-23,29H,1-2H3/t21-,22-,23-/m0/s1. The number of nitrogens with zero attached hydrogens (tertiary/aromatic N) is 2. The smallest absolute Gasteiger partial charge is 0.266 e. The van der Waals surface area contributed by atoms with Gasteiger partial charge in [0.1, 0.15) is 5.92 Å². The van der Waals surface area contributed by atoms with E-state index in [2.05, 4.69) is 0 Å². The van der Waals surface area contributed by atoms with Gasteiger partial charge in [-0.25, -0.2) is 9.96 Å². The molecular formula is C25H21ClN2O5. The summed E-state index contributed by atoms with van der Waals surface area (Å²) in [5, 5.41) is 12.1. The second-order valence-electron chi connectivity index (χ2n) is 7.99. The average molecular weight is 465 g/mol. The first-order valence-corrected chi connectivity index (χ1v) is 10.8. The lowest BCUT2D eigenvalue weighted by atomic mass is 9.90. The van der Waals surface area contributed by atoms with Gasteiger partial charge in [0.05, 0.1) is 24.5 Å². The summed E-state index contributed by atoms with van der Waals surface area (Å²) in [5.41, 5.74) is 2.47. The largest absolute Gasteiger partial charge is 0.504 e. The Bertz CT molecular complexity index is 1250. The number of benzene rings is 3. The number of phenols is 1. The van der Waals surface area contributed by atoms with Gasteiger partial charge < -0.3 is 9.84 Å². The fraction of sp³-hybridized carbons (Fsp3) is 0.200. The quantitative estimate of drug-likeness (QED) is 0.576. The molecule has 5 rings (SSSR count). The lowest BCUT2D eigenvalue weighted by molar-refractivity contribution is -0.126. The summed E-state index contributed by atoms with van der Waals surface area (Å²) in [6, 6.07) is 18.6. The van der Waals surface area contributed by atoms with Gasteiger partial charge in [0.2, 0.25) is 5.91 Å². The van der Waals surface area contributed by atoms with Gasteiger partial charge in [0.25, 0.3) is 5.91 Å². The van der Waals surface area contributed by atoms with Crippen LogP contribution in [0.2, 0.25) is 5.02 Å². The van der Waals surface area contributed by atoms with Crippen LogP contribution in [0.5, 0.6) is 11.5 Å². The van der Waals surface area contributed by atoms with E-state index in [9.17, 15) is 14.7 Å². The Kier molecular flexibility index (Phi) is 5.23. The minimum atomic E-state index is -0.999. The van der Waals surface area contributed by atoms with Crippen molar-refractivity contribution in [2.75, 3.05) is 17.1 Å². The van der Waals surface area contributed by atoms with Crippen LogP contribution in [0.15, 0.2) is 66.7 Å². The summed E-state index contributed by atoms with van der Waals surface area (Å²) in [6.45, 7) is 1.77. The molecule has 0 bridgehead atoms. The van der Waals surface area contributed by atoms with Gasteiger partial charge in [-0.05, 0) is 54.4 Å². The Hall–Kier alpha value is -3.55. The van der Waals surface area contributed by atoms with Crippen LogP contribution in [0, 0.1) is 12.8 Å². The van der Waals surface area contributed by atoms with Crippen LogP contribution in [0.1, 0.15) is 17.2 Å². The van der Waals surface area contributed by atoms with Crippen LogP contribution in [-0.4, -0.2) is 30.1 Å². The van der Waals surface area contributed by atoms with E-state index in [1.165, 1.54) is 18.1 Å². The third-order valence-corrected chi connectivity index (χ3v) is 6.56. The predicted octanol–water partition coefficient (Wildman–Crippen LogP) is 4.41. The molecule has 0 saturated carbocycles. The van der Waals surface area contributed by atoms with Gasteiger partial charge in [0, 0.05) is 5.02 Å². The number of fused-ring (bicyclic) bond motifs is 1. The van der Waals surface area contributed by atoms with Gasteiger partial charge in [-0.3, -0.25) is 14.4 Å². The fourth-order valence-electron chi connectivity index (χ4n) is 4.51. The Morgan fingerprint density at radius 3 is 2.48 bits per heavy atom. The number of ether oxygens (including phenoxy) is 1. The zero-order valence-electron chi connectivity index (χ0n) is 17.9. The molecule has 2 saturated heterocycles. The SMILES string of the molecule is COc1cc([C@H]2[C@@H]3C(=O)N(c4cccc(Cl)c4C)C(=O)[C@H]3ON2c2ccccc2)ccc1O. The highest BCUT2D eigenvalue weighted by atomic mass is 35.5. The Morgan fingerprint density at radius 2 is 1.76 bits per heavy atom. The molecule has 2 aliphatic heterocycles. The van der Waals surface area contributed by atoms with Gasteiger partial charge in [-0.15, -0.1) is 0 Å². The third-order valence-electron chi connectivity index (χ3n) is 6.15. The van der Waals surface area contributed by atoms with Crippen LogP contribution < -0.4 is 14.7 Å². The van der Waals surface area contributed by atoms with Crippen molar-refractivity contribution < 1.29 is 24.3 Å². The molecule has 3 aromatic rings. The number of carbonyl (C=O) groups excluding carboxylic acids is 2. The Labute approximate surface area is 195 Å². The fourth-order valence-corrected chi connectivity index (χ4v) is 4.68. The second-order valence-corrected chi connectivity index (χ2v) is 8.39. The third kappa shape index (κ3) is 3.32. The second kappa shape index (κ2) is 8.10. The molecule has 0 aromatic heterocycles. The topological polar surface area (TPSA) is 79.3 Å². The monoisotopic (exact) mass is 464 g/mol. The molecule has 3 atom stereocenters. The molecule has 0 spiro atoms. The number of amides is 2. The van der Waals surface area contributed by atoms with Gasteiger partial charge in [-0.2, -0.15) is 0 Å². The van der Waals surface area contributed by atoms with Crippen molar-refractivity contribution in [2.45, 2.75) is 19.1 Å². The first-order chi connectivity index (χ1) is 15.9. The highest BCUT2D eigenvalue weighted by Gasteiger charge is 2.60. The molecule has 2 amide bonds. The maximum Gasteiger partial charge on any atom is 0.266 e. The molecule has 2 heterocycles. The highest BCUT2D eigenvalue weighted by Crippen LogP contribution is 2.49. The molecule has 0 unspecified atom stereocenters. The molecule has 1 N–H and O–H groups in total. The first-order valence-electron chi connectivity index (χ1n) is 10.4. The molecule has 8 heteroatoms. The van der Waals surface area contributed by atoms with Crippen molar-refractivity contribution in [3.05, 3.63) is 82.9 Å². The maximum absolute atomic E-state index is 13.7. The number of carbonyl (C=O) groups is 2. The van der Waals surface area contributed by atoms with E-state index in [1.807, 2.05) is 30.3 Å². The maximum atomic E-state index is 13.7. The van der Waals surface area contributed by atoms with Crippen molar-refractivity contribution in [3.63, 3.8) is 0 Å². The van der Waals surface area contributed by atoms with Gasteiger partial charge >= 0.3 is 0 Å². The first kappa shape index (κ1) is 21.3. The number of phenolic OH excluding ortho intramolecular Hbond substituents is 1. The molecule has 0 aliphatic carbocycles. The number of aromatic hydroxyl groups is 1. The minimum Gasteiger partial charge on any atom is -0.504 e. The number of imide groups is 1. The number of anilines is 2. The summed E-state index contributed by atoms with van der Waals surface area (Å²) < 4.78 is 5.28. The van der Waals surface area contributed by atoms with E-state index in [0.717, 1.165) is 0 Å². The Morgan fingerprint density at radius 1 is 1.00 bits per heavy atom. The molecule has 2 fully saturated rings. The van der Waals surface area contributed by atoms with E-state index in [-0.39, 0.29) is 17.4 Å². The summed E-state index contributed by atoms with van der Waals surface area (Å²) in [7, 11) is 1.45. The number of para-hydroxylation sites is 1. The number of hydrogen-bond acceptors (Lipinski definition) is 6. The van der Waals surface area contributed by atoms with Crippen molar-refractivity contribution >= 4 is 34.8 Å². The number of halogens is 1. The van der Waals surface area contributed by atoms with Crippen molar-refractivity contribution in [2.24, 2.45) is 5.92 Å². The molecular weight excluding hydrogens is 444 g/mol. The van der Waals surface area contributed by atoms with Crippen LogP contribution in [0.25, 0.3) is 0 Å². The molecule has 7 nitrogen and oxygen atoms in total. The van der Waals surface area contributed by atoms with Crippen molar-refractivity contribution in [1.29, 1.82) is 0 Å². The number of rotatable bonds is 4. The van der Waals surface area contributed by atoms with Crippen molar-refractivity contribution in [1.82, 2.24) is 0 Å². The molecule has 2 aliphatic rings. The number of methoxy groups -OCH3 is 1. The highest BCUT2D eigenvalue weighted by molar-refractivity contribution is 6.32. The lowest BCUT2D eigenvalue weighted by Crippen LogP contribution is -2.37. The average Bonchev–Trinajstić information content (AvgIpc) is 3.33. The zero-order valence-corrected chi connectivity index (χ0v) is 18.7. The van der Waals surface area contributed by atoms with Gasteiger partial charge in [-0.1, -0.05) is 41.9 Å². The van der Waals surface area contributed by atoms with Crippen LogP contribution in [-0.2, 0) is 14.4 Å². The summed E-state index contributed by atoms with van der Waals surface area (Å²) >= 11 is 6.26. The van der Waals surface area contributed by atoms with E-state index >= 15 is 0 Å². The normalized spacial score (nSPS) is 22.1. The molecule has 33 heavy (non-hydrogen) atoms. The Balaban J connectivity index is 1.62. The predicted molar refractivity (Wildman–Crippen MR) is 123 cm³/mol. The van der Waals surface area contributed by atoms with Crippen LogP contribution in [0.4, 0.5) is 11.4 Å². The zero-order chi connectivity index (χ0) is 23.3. The van der Waals surface area contributed by atoms with Crippen LogP contribution >= 0.6 is 11.6 Å². The van der Waals surface area contributed by atoms with Crippen LogP contribution in [0.3, 0.4) is 0 Å². The summed E-state index contributed by atoms with van der Waals surface area (Å²) in [6.07, 6.45) is -0.999. The van der Waals surface area contributed by atoms with E-state index < -0.39 is 24.0 Å². The number of hydroxylamine groups is 1. The van der Waals surface area contributed by atoms with E-state index in [0.29, 0.717) is 27.5 Å². The molecule has 168 valence electrons. The summed E-state index contributed by atoms with van der Waals surface area (Å²) in [5.74, 6) is -1.36. The van der Waals surface area contributed by atoms with Crippen molar-refractivity contribution in [3.8, 4) is 11.5 Å². The summed E-state index contributed by atoms with van der Waals surface area (Å²) in [4.78, 5) is 34.5. The van der Waals surface area contributed by atoms with E-state index in [1.54, 1.807) is 42.3 Å². The van der Waals surface area contributed by atoms with E-state index in [4.69, 9.17) is 21.2 Å². The van der Waals surface area contributed by atoms with Gasteiger partial charge in [0.15, 0.2) is 17.6 Å². The molecule has 3 aromatic carbocycles. The lowest BCUT2D eigenvalue weighted by Gasteiger charge is -2.29. The molecule has 0 radical (unpaired) electrons. The number of hydrogen-bond donors (Lipinski definition) is 1. The minimum absolute atomic E-state index is 0.0204.